The molecule has 1 aromatic carbocycles. The first-order valence-corrected chi connectivity index (χ1v) is 14.1. The van der Waals surface area contributed by atoms with Crippen LogP contribution >= 0.6 is 0 Å². The number of aromatic nitrogens is 2. The molecule has 2 aliphatic heterocycles. The van der Waals surface area contributed by atoms with Crippen molar-refractivity contribution < 1.29 is 14.3 Å². The van der Waals surface area contributed by atoms with Crippen LogP contribution < -0.4 is 0 Å². The first kappa shape index (κ1) is 27.2. The van der Waals surface area contributed by atoms with Gasteiger partial charge in [-0.2, -0.15) is 0 Å². The Morgan fingerprint density at radius 1 is 1.05 bits per heavy atom. The Morgan fingerprint density at radius 3 is 2.46 bits per heavy atom. The van der Waals surface area contributed by atoms with Crippen LogP contribution in [0.5, 0.6) is 0 Å². The van der Waals surface area contributed by atoms with Crippen molar-refractivity contribution in [2.24, 2.45) is 5.41 Å². The van der Waals surface area contributed by atoms with Crippen LogP contribution in [0.25, 0.3) is 22.2 Å². The molecule has 208 valence electrons. The third kappa shape index (κ3) is 4.70. The smallest absolute Gasteiger partial charge is 0.411 e. The lowest BCUT2D eigenvalue weighted by molar-refractivity contribution is -0.129. The van der Waals surface area contributed by atoms with Crippen LogP contribution in [0, 0.1) is 12.3 Å². The van der Waals surface area contributed by atoms with Crippen molar-refractivity contribution in [1.29, 1.82) is 0 Å². The summed E-state index contributed by atoms with van der Waals surface area (Å²) in [6.45, 7) is 18.0. The highest BCUT2D eigenvalue weighted by atomic mass is 16.6. The van der Waals surface area contributed by atoms with Gasteiger partial charge in [-0.3, -0.25) is 9.69 Å². The predicted molar refractivity (Wildman–Crippen MR) is 154 cm³/mol. The van der Waals surface area contributed by atoms with Gasteiger partial charge < -0.3 is 14.6 Å². The van der Waals surface area contributed by atoms with Crippen molar-refractivity contribution in [3.05, 3.63) is 52.8 Å². The Kier molecular flexibility index (Phi) is 6.55. The van der Waals surface area contributed by atoms with Gasteiger partial charge in [0.2, 0.25) is 5.91 Å². The summed E-state index contributed by atoms with van der Waals surface area (Å²) in [5.74, 6) is 0.0773. The van der Waals surface area contributed by atoms with E-state index in [-0.39, 0.29) is 17.4 Å². The van der Waals surface area contributed by atoms with Crippen LogP contribution in [0.4, 0.5) is 4.79 Å². The zero-order chi connectivity index (χ0) is 28.3. The number of ether oxygens (including phenoxy) is 1. The standard InChI is InChI=1S/C32H42N4O3/c1-20-17-33-28-25(20)15-24(18-34-28)23-14-22-10-13-35(21(2)37)19-26(22)27(16-23)32(30(3,4)5)11-9-12-36(32)29(38)39-31(6,7)8/h14-18H,9-13,19H2,1-8H3,(H,33,34). The normalized spacial score (nSPS) is 19.9. The minimum atomic E-state index is -0.592. The highest BCUT2D eigenvalue weighted by molar-refractivity contribution is 5.85. The monoisotopic (exact) mass is 530 g/mol. The Bertz CT molecular complexity index is 1440. The Balaban J connectivity index is 1.75. The maximum absolute atomic E-state index is 13.8. The highest BCUT2D eigenvalue weighted by Crippen LogP contribution is 2.54. The Labute approximate surface area is 231 Å². The maximum atomic E-state index is 13.8. The van der Waals surface area contributed by atoms with E-state index < -0.39 is 11.1 Å². The second-order valence-corrected chi connectivity index (χ2v) is 13.3. The summed E-state index contributed by atoms with van der Waals surface area (Å²) >= 11 is 0. The van der Waals surface area contributed by atoms with Crippen LogP contribution in [-0.4, -0.2) is 50.5 Å². The fourth-order valence-electron chi connectivity index (χ4n) is 6.61. The lowest BCUT2D eigenvalue weighted by atomic mass is 9.65. The second-order valence-electron chi connectivity index (χ2n) is 13.3. The van der Waals surface area contributed by atoms with Gasteiger partial charge in [0.1, 0.15) is 11.2 Å². The number of benzene rings is 1. The molecule has 0 aliphatic carbocycles. The molecule has 0 bridgehead atoms. The summed E-state index contributed by atoms with van der Waals surface area (Å²) in [6, 6.07) is 6.74. The molecule has 0 saturated carbocycles. The van der Waals surface area contributed by atoms with Crippen LogP contribution in [0.3, 0.4) is 0 Å². The molecule has 4 heterocycles. The average molecular weight is 531 g/mol. The number of H-pyrrole nitrogens is 1. The quantitative estimate of drug-likeness (QED) is 0.399. The van der Waals surface area contributed by atoms with Crippen molar-refractivity contribution in [2.75, 3.05) is 13.1 Å². The fourth-order valence-corrected chi connectivity index (χ4v) is 6.61. The zero-order valence-corrected chi connectivity index (χ0v) is 24.7. The zero-order valence-electron chi connectivity index (χ0n) is 24.7. The predicted octanol–water partition coefficient (Wildman–Crippen LogP) is 6.72. The van der Waals surface area contributed by atoms with E-state index in [0.717, 1.165) is 58.1 Å². The highest BCUT2D eigenvalue weighted by Gasteiger charge is 2.55. The largest absolute Gasteiger partial charge is 0.444 e. The number of carbonyl (C=O) groups is 2. The molecule has 3 aromatic rings. The number of carbonyl (C=O) groups excluding carboxylic acids is 2. The Morgan fingerprint density at radius 2 is 1.79 bits per heavy atom. The summed E-state index contributed by atoms with van der Waals surface area (Å²) in [6.07, 6.45) is 6.14. The van der Waals surface area contributed by atoms with Crippen LogP contribution in [-0.2, 0) is 28.0 Å². The fraction of sp³-hybridized carbons (Fsp3) is 0.531. The lowest BCUT2D eigenvalue weighted by Crippen LogP contribution is -2.55. The summed E-state index contributed by atoms with van der Waals surface area (Å²) in [7, 11) is 0. The molecule has 5 rings (SSSR count). The molecule has 2 aliphatic rings. The molecular formula is C32H42N4O3. The molecule has 2 amide bonds. The molecule has 7 nitrogen and oxygen atoms in total. The molecule has 1 unspecified atom stereocenters. The average Bonchev–Trinajstić information content (AvgIpc) is 3.46. The van der Waals surface area contributed by atoms with Crippen molar-refractivity contribution in [1.82, 2.24) is 19.8 Å². The van der Waals surface area contributed by atoms with Gasteiger partial charge in [-0.1, -0.05) is 26.8 Å². The second kappa shape index (κ2) is 9.39. The number of likely N-dealkylation sites (tertiary alicyclic amines) is 1. The van der Waals surface area contributed by atoms with Crippen molar-refractivity contribution in [3.8, 4) is 11.1 Å². The number of amides is 2. The molecule has 0 spiro atoms. The van der Waals surface area contributed by atoms with Gasteiger partial charge in [0.25, 0.3) is 0 Å². The number of hydrogen-bond donors (Lipinski definition) is 1. The van der Waals surface area contributed by atoms with Gasteiger partial charge in [0, 0.05) is 49.9 Å². The van der Waals surface area contributed by atoms with Crippen molar-refractivity contribution in [2.45, 2.75) is 92.3 Å². The number of aromatic amines is 1. The number of pyridine rings is 1. The Hall–Kier alpha value is -3.35. The van der Waals surface area contributed by atoms with E-state index >= 15 is 0 Å². The van der Waals surface area contributed by atoms with E-state index in [1.807, 2.05) is 43.0 Å². The first-order chi connectivity index (χ1) is 18.2. The minimum Gasteiger partial charge on any atom is -0.444 e. The van der Waals surface area contributed by atoms with E-state index in [9.17, 15) is 9.59 Å². The minimum absolute atomic E-state index is 0.0773. The molecule has 2 aromatic heterocycles. The SMILES string of the molecule is CC(=O)N1CCc2cc(-c3cnc4[nH]cc(C)c4c3)cc(C3(C(C)(C)C)CCCN3C(=O)OC(C)(C)C)c2C1. The number of fused-ring (bicyclic) bond motifs is 2. The summed E-state index contributed by atoms with van der Waals surface area (Å²) < 4.78 is 5.97. The van der Waals surface area contributed by atoms with Gasteiger partial charge in [-0.05, 0) is 92.3 Å². The number of rotatable bonds is 2. The maximum Gasteiger partial charge on any atom is 0.411 e. The molecule has 39 heavy (non-hydrogen) atoms. The topological polar surface area (TPSA) is 78.5 Å². The van der Waals surface area contributed by atoms with Gasteiger partial charge in [-0.25, -0.2) is 9.78 Å². The molecule has 1 atom stereocenters. The molecular weight excluding hydrogens is 488 g/mol. The van der Waals surface area contributed by atoms with E-state index in [2.05, 4.69) is 50.9 Å². The number of nitrogens with one attached hydrogen (secondary N) is 1. The lowest BCUT2D eigenvalue weighted by Gasteiger charge is -2.50. The molecule has 1 saturated heterocycles. The van der Waals surface area contributed by atoms with E-state index in [0.29, 0.717) is 19.6 Å². The van der Waals surface area contributed by atoms with Crippen molar-refractivity contribution >= 4 is 23.0 Å². The van der Waals surface area contributed by atoms with Crippen LogP contribution in [0.2, 0.25) is 0 Å². The summed E-state index contributed by atoms with van der Waals surface area (Å²) in [4.78, 5) is 38.1. The number of aryl methyl sites for hydroxylation is 1. The number of nitrogens with zero attached hydrogens (tertiary/aromatic N) is 3. The number of hydrogen-bond acceptors (Lipinski definition) is 4. The summed E-state index contributed by atoms with van der Waals surface area (Å²) in [5, 5.41) is 1.11. The first-order valence-electron chi connectivity index (χ1n) is 14.1. The molecule has 0 radical (unpaired) electrons. The third-order valence-corrected chi connectivity index (χ3v) is 8.54. The molecule has 1 N–H and O–H groups in total. The van der Waals surface area contributed by atoms with Crippen LogP contribution in [0.1, 0.15) is 83.6 Å². The van der Waals surface area contributed by atoms with Gasteiger partial charge >= 0.3 is 6.09 Å². The van der Waals surface area contributed by atoms with E-state index in [1.54, 1.807) is 6.92 Å². The van der Waals surface area contributed by atoms with Gasteiger partial charge in [0.15, 0.2) is 0 Å². The van der Waals surface area contributed by atoms with Crippen LogP contribution in [0.15, 0.2) is 30.6 Å². The van der Waals surface area contributed by atoms with E-state index in [4.69, 9.17) is 9.72 Å². The van der Waals surface area contributed by atoms with Crippen molar-refractivity contribution in [3.63, 3.8) is 0 Å². The molecule has 1 fully saturated rings. The van der Waals surface area contributed by atoms with Gasteiger partial charge in [0.05, 0.1) is 5.54 Å². The van der Waals surface area contributed by atoms with Gasteiger partial charge in [-0.15, -0.1) is 0 Å². The molecule has 7 heteroatoms. The third-order valence-electron chi connectivity index (χ3n) is 8.54. The summed E-state index contributed by atoms with van der Waals surface area (Å²) in [5.41, 5.74) is 6.25. The van der Waals surface area contributed by atoms with E-state index in [1.165, 1.54) is 5.56 Å².